The van der Waals surface area contributed by atoms with Crippen LogP contribution < -0.4 is 10.6 Å². The summed E-state index contributed by atoms with van der Waals surface area (Å²) in [4.78, 5) is 13.7. The maximum absolute atomic E-state index is 11.7. The van der Waals surface area contributed by atoms with Crippen LogP contribution >= 0.6 is 0 Å². The molecule has 0 fully saturated rings. The van der Waals surface area contributed by atoms with E-state index in [-0.39, 0.29) is 11.8 Å². The van der Waals surface area contributed by atoms with Crippen molar-refractivity contribution in [3.05, 3.63) is 29.8 Å². The molecule has 3 heteroatoms. The van der Waals surface area contributed by atoms with Gasteiger partial charge in [0.05, 0.1) is 6.04 Å². The molecule has 1 aromatic carbocycles. The van der Waals surface area contributed by atoms with Crippen molar-refractivity contribution in [3.63, 3.8) is 0 Å². The van der Waals surface area contributed by atoms with Gasteiger partial charge in [-0.2, -0.15) is 0 Å². The average Bonchev–Trinajstić information content (AvgIpc) is 2.27. The number of ketones is 1. The molecule has 0 aliphatic heterocycles. The normalized spacial score (nSPS) is 12.3. The van der Waals surface area contributed by atoms with Gasteiger partial charge >= 0.3 is 0 Å². The van der Waals surface area contributed by atoms with E-state index in [9.17, 15) is 4.79 Å². The van der Waals surface area contributed by atoms with E-state index in [0.29, 0.717) is 12.0 Å². The van der Waals surface area contributed by atoms with Crippen molar-refractivity contribution >= 4 is 11.5 Å². The first-order valence-corrected chi connectivity index (χ1v) is 5.13. The Morgan fingerprint density at radius 3 is 2.27 bits per heavy atom. The largest absolute Gasteiger partial charge is 0.378 e. The summed E-state index contributed by atoms with van der Waals surface area (Å²) in [5.74, 6) is 0.0165. The lowest BCUT2D eigenvalue weighted by Crippen LogP contribution is -2.29. The van der Waals surface area contributed by atoms with E-state index < -0.39 is 0 Å². The van der Waals surface area contributed by atoms with Gasteiger partial charge in [0.25, 0.3) is 0 Å². The third-order valence-electron chi connectivity index (χ3n) is 2.44. The van der Waals surface area contributed by atoms with Crippen LogP contribution in [0.3, 0.4) is 0 Å². The van der Waals surface area contributed by atoms with Crippen LogP contribution in [0.2, 0.25) is 0 Å². The van der Waals surface area contributed by atoms with Gasteiger partial charge in [-0.25, -0.2) is 0 Å². The number of hydrogen-bond acceptors (Lipinski definition) is 3. The van der Waals surface area contributed by atoms with Crippen molar-refractivity contribution in [1.82, 2.24) is 0 Å². The minimum absolute atomic E-state index is 0.0165. The summed E-state index contributed by atoms with van der Waals surface area (Å²) >= 11 is 0. The minimum atomic E-state index is -0.379. The summed E-state index contributed by atoms with van der Waals surface area (Å²) in [6.45, 7) is 1.91. The smallest absolute Gasteiger partial charge is 0.179 e. The predicted molar refractivity (Wildman–Crippen MR) is 63.4 cm³/mol. The van der Waals surface area contributed by atoms with Crippen molar-refractivity contribution in [2.24, 2.45) is 5.73 Å². The van der Waals surface area contributed by atoms with Gasteiger partial charge in [0, 0.05) is 25.3 Å². The highest BCUT2D eigenvalue weighted by atomic mass is 16.1. The number of carbonyl (C=O) groups is 1. The van der Waals surface area contributed by atoms with Crippen LogP contribution in [-0.4, -0.2) is 25.9 Å². The summed E-state index contributed by atoms with van der Waals surface area (Å²) in [6, 6.07) is 7.13. The molecule has 0 saturated heterocycles. The molecule has 0 spiro atoms. The van der Waals surface area contributed by atoms with Crippen molar-refractivity contribution in [1.29, 1.82) is 0 Å². The van der Waals surface area contributed by atoms with Gasteiger partial charge in [0.2, 0.25) is 0 Å². The lowest BCUT2D eigenvalue weighted by molar-refractivity contribution is 0.0959. The Bertz CT molecular complexity index is 330. The summed E-state index contributed by atoms with van der Waals surface area (Å²) in [5.41, 5.74) is 7.46. The first-order valence-electron chi connectivity index (χ1n) is 5.13. The highest BCUT2D eigenvalue weighted by molar-refractivity contribution is 6.00. The topological polar surface area (TPSA) is 46.3 Å². The van der Waals surface area contributed by atoms with Crippen LogP contribution in [-0.2, 0) is 0 Å². The highest BCUT2D eigenvalue weighted by Crippen LogP contribution is 2.13. The molecule has 1 rings (SSSR count). The summed E-state index contributed by atoms with van der Waals surface area (Å²) < 4.78 is 0. The Morgan fingerprint density at radius 2 is 1.87 bits per heavy atom. The highest BCUT2D eigenvalue weighted by Gasteiger charge is 2.13. The second-order valence-corrected chi connectivity index (χ2v) is 3.82. The molecule has 0 aromatic heterocycles. The number of anilines is 1. The number of nitrogens with two attached hydrogens (primary N) is 1. The number of hydrogen-bond donors (Lipinski definition) is 1. The summed E-state index contributed by atoms with van der Waals surface area (Å²) in [7, 11) is 3.93. The molecule has 0 saturated carbocycles. The van der Waals surface area contributed by atoms with Gasteiger partial charge in [0.15, 0.2) is 5.78 Å². The van der Waals surface area contributed by atoms with Crippen molar-refractivity contribution in [3.8, 4) is 0 Å². The average molecular weight is 206 g/mol. The molecule has 15 heavy (non-hydrogen) atoms. The van der Waals surface area contributed by atoms with Gasteiger partial charge < -0.3 is 10.6 Å². The molecule has 0 aliphatic rings. The van der Waals surface area contributed by atoms with Crippen molar-refractivity contribution < 1.29 is 4.79 Å². The van der Waals surface area contributed by atoms with Gasteiger partial charge in [-0.3, -0.25) is 4.79 Å². The van der Waals surface area contributed by atoms with Crippen molar-refractivity contribution in [2.75, 3.05) is 19.0 Å². The molecule has 1 unspecified atom stereocenters. The van der Waals surface area contributed by atoms with E-state index in [1.165, 1.54) is 0 Å². The maximum atomic E-state index is 11.7. The zero-order valence-electron chi connectivity index (χ0n) is 9.53. The Kier molecular flexibility index (Phi) is 3.86. The molecular formula is C12H18N2O. The van der Waals surface area contributed by atoms with E-state index in [0.717, 1.165) is 5.69 Å². The molecule has 3 nitrogen and oxygen atoms in total. The zero-order valence-corrected chi connectivity index (χ0v) is 9.53. The Morgan fingerprint density at radius 1 is 1.33 bits per heavy atom. The standard InChI is InChI=1S/C12H18N2O/c1-4-11(13)12(15)9-5-7-10(8-6-9)14(2)3/h5-8,11H,4,13H2,1-3H3. The van der Waals surface area contributed by atoms with Gasteiger partial charge in [-0.05, 0) is 30.7 Å². The van der Waals surface area contributed by atoms with Crippen molar-refractivity contribution in [2.45, 2.75) is 19.4 Å². The fraction of sp³-hybridized carbons (Fsp3) is 0.417. The molecule has 2 N–H and O–H groups in total. The van der Waals surface area contributed by atoms with E-state index in [1.54, 1.807) is 0 Å². The second kappa shape index (κ2) is 4.94. The molecule has 0 radical (unpaired) electrons. The Labute approximate surface area is 90.9 Å². The second-order valence-electron chi connectivity index (χ2n) is 3.82. The molecule has 0 aliphatic carbocycles. The molecule has 0 amide bonds. The van der Waals surface area contributed by atoms with Crippen LogP contribution in [0.4, 0.5) is 5.69 Å². The number of rotatable bonds is 4. The minimum Gasteiger partial charge on any atom is -0.378 e. The molecule has 0 heterocycles. The van der Waals surface area contributed by atoms with Gasteiger partial charge in [-0.15, -0.1) is 0 Å². The lowest BCUT2D eigenvalue weighted by atomic mass is 10.0. The van der Waals surface area contributed by atoms with Crippen LogP contribution in [0.15, 0.2) is 24.3 Å². The molecule has 1 atom stereocenters. The third-order valence-corrected chi connectivity index (χ3v) is 2.44. The van der Waals surface area contributed by atoms with E-state index in [4.69, 9.17) is 5.73 Å². The van der Waals surface area contributed by atoms with Crippen LogP contribution in [0.1, 0.15) is 23.7 Å². The number of carbonyl (C=O) groups excluding carboxylic acids is 1. The SMILES string of the molecule is CCC(N)C(=O)c1ccc(N(C)C)cc1. The lowest BCUT2D eigenvalue weighted by Gasteiger charge is -2.13. The van der Waals surface area contributed by atoms with Crippen LogP contribution in [0.5, 0.6) is 0 Å². The molecule has 82 valence electrons. The number of benzene rings is 1. The van der Waals surface area contributed by atoms with Gasteiger partial charge in [-0.1, -0.05) is 6.92 Å². The Hall–Kier alpha value is -1.35. The maximum Gasteiger partial charge on any atom is 0.179 e. The van der Waals surface area contributed by atoms with E-state index >= 15 is 0 Å². The molecular weight excluding hydrogens is 188 g/mol. The fourth-order valence-corrected chi connectivity index (χ4v) is 1.32. The van der Waals surface area contributed by atoms with E-state index in [1.807, 2.05) is 50.2 Å². The quantitative estimate of drug-likeness (QED) is 0.762. The van der Waals surface area contributed by atoms with Crippen LogP contribution in [0.25, 0.3) is 0 Å². The zero-order chi connectivity index (χ0) is 11.4. The predicted octanol–water partition coefficient (Wildman–Crippen LogP) is 1.67. The first-order chi connectivity index (χ1) is 7.06. The summed E-state index contributed by atoms with van der Waals surface area (Å²) in [6.07, 6.45) is 0.675. The van der Waals surface area contributed by atoms with Gasteiger partial charge in [0.1, 0.15) is 0 Å². The third kappa shape index (κ3) is 2.80. The molecule has 0 bridgehead atoms. The molecule has 1 aromatic rings. The fourth-order valence-electron chi connectivity index (χ4n) is 1.32. The number of Topliss-reactive ketones (excluding diaryl/α,β-unsaturated/α-hetero) is 1. The first kappa shape index (κ1) is 11.7. The summed E-state index contributed by atoms with van der Waals surface area (Å²) in [5, 5.41) is 0. The Balaban J connectivity index is 2.84. The number of nitrogens with zero attached hydrogens (tertiary/aromatic N) is 1. The van der Waals surface area contributed by atoms with Crippen LogP contribution in [0, 0.1) is 0 Å². The van der Waals surface area contributed by atoms with E-state index in [2.05, 4.69) is 0 Å². The monoisotopic (exact) mass is 206 g/mol.